The van der Waals surface area contributed by atoms with Gasteiger partial charge in [-0.3, -0.25) is 9.59 Å². The lowest BCUT2D eigenvalue weighted by atomic mass is 9.89. The fraction of sp³-hybridized carbons (Fsp3) is 0.391. The maximum absolute atomic E-state index is 13.1. The topological polar surface area (TPSA) is 58.2 Å². The van der Waals surface area contributed by atoms with Gasteiger partial charge in [-0.05, 0) is 36.0 Å². The van der Waals surface area contributed by atoms with Crippen LogP contribution in [0.4, 0.5) is 0 Å². The lowest BCUT2D eigenvalue weighted by Crippen LogP contribution is -2.49. The van der Waals surface area contributed by atoms with Crippen LogP contribution in [0, 0.1) is 11.8 Å². The highest BCUT2D eigenvalue weighted by Gasteiger charge is 2.26. The summed E-state index contributed by atoms with van der Waals surface area (Å²) in [6.07, 6.45) is 1.82. The number of amides is 2. The normalized spacial score (nSPS) is 13.0. The third kappa shape index (κ3) is 6.71. The van der Waals surface area contributed by atoms with E-state index in [1.54, 1.807) is 7.05 Å². The summed E-state index contributed by atoms with van der Waals surface area (Å²) in [5, 5.41) is 5.65. The van der Waals surface area contributed by atoms with E-state index in [0.717, 1.165) is 22.4 Å². The van der Waals surface area contributed by atoms with Crippen molar-refractivity contribution in [1.82, 2.24) is 10.6 Å². The van der Waals surface area contributed by atoms with Gasteiger partial charge in [-0.1, -0.05) is 62.4 Å². The Kier molecular flexibility index (Phi) is 8.58. The molecule has 2 aromatic carbocycles. The Morgan fingerprint density at radius 1 is 0.929 bits per heavy atom. The average Bonchev–Trinajstić information content (AvgIpc) is 2.68. The molecule has 0 saturated heterocycles. The van der Waals surface area contributed by atoms with E-state index in [1.165, 1.54) is 0 Å². The van der Waals surface area contributed by atoms with E-state index in [4.69, 9.17) is 0 Å². The Morgan fingerprint density at radius 2 is 1.57 bits per heavy atom. The van der Waals surface area contributed by atoms with E-state index in [1.807, 2.05) is 54.6 Å². The summed E-state index contributed by atoms with van der Waals surface area (Å²) in [4.78, 5) is 26.4. The molecule has 0 fully saturated rings. The van der Waals surface area contributed by atoms with Gasteiger partial charge in [-0.25, -0.2) is 0 Å². The van der Waals surface area contributed by atoms with Gasteiger partial charge in [0.15, 0.2) is 0 Å². The van der Waals surface area contributed by atoms with E-state index in [-0.39, 0.29) is 17.7 Å². The van der Waals surface area contributed by atoms with Crippen LogP contribution in [0.2, 0.25) is 0 Å². The molecule has 0 aliphatic heterocycles. The van der Waals surface area contributed by atoms with Crippen molar-refractivity contribution in [3.8, 4) is 0 Å². The lowest BCUT2D eigenvalue weighted by molar-refractivity contribution is -0.131. The number of benzene rings is 2. The number of hydrogen-bond acceptors (Lipinski definition) is 3. The third-order valence-electron chi connectivity index (χ3n) is 4.75. The molecular formula is C23H30N2O2S. The minimum absolute atomic E-state index is 0.0881. The van der Waals surface area contributed by atoms with Crippen molar-refractivity contribution in [1.29, 1.82) is 0 Å². The van der Waals surface area contributed by atoms with Crippen LogP contribution in [0.5, 0.6) is 0 Å². The van der Waals surface area contributed by atoms with Crippen LogP contribution in [0.1, 0.15) is 31.4 Å². The van der Waals surface area contributed by atoms with Gasteiger partial charge >= 0.3 is 0 Å². The summed E-state index contributed by atoms with van der Waals surface area (Å²) in [5.41, 5.74) is 2.06. The molecule has 28 heavy (non-hydrogen) atoms. The minimum Gasteiger partial charge on any atom is -0.357 e. The first-order chi connectivity index (χ1) is 13.4. The van der Waals surface area contributed by atoms with Crippen molar-refractivity contribution in [3.63, 3.8) is 0 Å². The van der Waals surface area contributed by atoms with E-state index in [0.29, 0.717) is 18.8 Å². The van der Waals surface area contributed by atoms with Gasteiger partial charge in [0, 0.05) is 24.3 Å². The van der Waals surface area contributed by atoms with Gasteiger partial charge in [0.25, 0.3) is 0 Å². The molecule has 0 unspecified atom stereocenters. The van der Waals surface area contributed by atoms with Crippen LogP contribution >= 0.6 is 12.6 Å². The Balaban J connectivity index is 2.16. The smallest absolute Gasteiger partial charge is 0.242 e. The molecule has 0 aliphatic rings. The van der Waals surface area contributed by atoms with Crippen molar-refractivity contribution in [2.45, 2.75) is 44.0 Å². The Morgan fingerprint density at radius 3 is 2.18 bits per heavy atom. The maximum Gasteiger partial charge on any atom is 0.242 e. The largest absolute Gasteiger partial charge is 0.357 e. The van der Waals surface area contributed by atoms with Crippen LogP contribution in [0.15, 0.2) is 59.5 Å². The molecule has 0 saturated carbocycles. The molecule has 0 heterocycles. The van der Waals surface area contributed by atoms with Crippen LogP contribution in [0.25, 0.3) is 0 Å². The van der Waals surface area contributed by atoms with Gasteiger partial charge in [-0.15, -0.1) is 12.6 Å². The summed E-state index contributed by atoms with van der Waals surface area (Å²) < 4.78 is 0. The molecule has 2 atom stereocenters. The Bertz CT molecular complexity index is 777. The molecule has 2 rings (SSSR count). The van der Waals surface area contributed by atoms with E-state index in [2.05, 4.69) is 37.1 Å². The SMILES string of the molecule is CNC(=O)[C@H](Cc1ccccc1)NC(=O)[C@H](Cc1ccccc1S)CC(C)C. The summed E-state index contributed by atoms with van der Waals surface area (Å²) in [5.74, 6) is -0.114. The molecule has 2 amide bonds. The van der Waals surface area contributed by atoms with E-state index in [9.17, 15) is 9.59 Å². The maximum atomic E-state index is 13.1. The van der Waals surface area contributed by atoms with Gasteiger partial charge in [-0.2, -0.15) is 0 Å². The van der Waals surface area contributed by atoms with Crippen molar-refractivity contribution in [2.75, 3.05) is 7.05 Å². The second-order valence-corrected chi connectivity index (χ2v) is 8.01. The highest BCUT2D eigenvalue weighted by atomic mass is 32.1. The highest BCUT2D eigenvalue weighted by Crippen LogP contribution is 2.22. The van der Waals surface area contributed by atoms with Crippen molar-refractivity contribution in [2.24, 2.45) is 11.8 Å². The van der Waals surface area contributed by atoms with Gasteiger partial charge in [0.2, 0.25) is 11.8 Å². The first-order valence-electron chi connectivity index (χ1n) is 9.73. The molecule has 0 aromatic heterocycles. The summed E-state index contributed by atoms with van der Waals surface area (Å²) >= 11 is 4.52. The Labute approximate surface area is 173 Å². The molecule has 150 valence electrons. The van der Waals surface area contributed by atoms with E-state index < -0.39 is 6.04 Å². The molecule has 0 aliphatic carbocycles. The number of nitrogens with one attached hydrogen (secondary N) is 2. The molecule has 4 nitrogen and oxygen atoms in total. The van der Waals surface area contributed by atoms with Crippen molar-refractivity contribution in [3.05, 3.63) is 65.7 Å². The molecule has 2 N–H and O–H groups in total. The van der Waals surface area contributed by atoms with Crippen LogP contribution in [-0.2, 0) is 22.4 Å². The molecule has 0 spiro atoms. The zero-order chi connectivity index (χ0) is 20.5. The second kappa shape index (κ2) is 10.9. The van der Waals surface area contributed by atoms with E-state index >= 15 is 0 Å². The predicted molar refractivity (Wildman–Crippen MR) is 116 cm³/mol. The number of likely N-dealkylation sites (N-methyl/N-ethyl adjacent to an activating group) is 1. The molecule has 5 heteroatoms. The average molecular weight is 399 g/mol. The lowest BCUT2D eigenvalue weighted by Gasteiger charge is -2.23. The third-order valence-corrected chi connectivity index (χ3v) is 5.18. The first-order valence-corrected chi connectivity index (χ1v) is 10.2. The second-order valence-electron chi connectivity index (χ2n) is 7.52. The fourth-order valence-corrected chi connectivity index (χ4v) is 3.58. The molecular weight excluding hydrogens is 368 g/mol. The first kappa shape index (κ1) is 22.0. The quantitative estimate of drug-likeness (QED) is 0.565. The minimum atomic E-state index is -0.596. The fourth-order valence-electron chi connectivity index (χ4n) is 3.32. The van der Waals surface area contributed by atoms with Crippen molar-refractivity contribution < 1.29 is 9.59 Å². The predicted octanol–water partition coefficient (Wildman–Crippen LogP) is 3.65. The zero-order valence-corrected chi connectivity index (χ0v) is 17.7. The highest BCUT2D eigenvalue weighted by molar-refractivity contribution is 7.80. The van der Waals surface area contributed by atoms with Gasteiger partial charge in [0.05, 0.1) is 0 Å². The monoisotopic (exact) mass is 398 g/mol. The van der Waals surface area contributed by atoms with Crippen LogP contribution < -0.4 is 10.6 Å². The number of carbonyl (C=O) groups is 2. The van der Waals surface area contributed by atoms with Crippen LogP contribution in [-0.4, -0.2) is 24.9 Å². The summed E-state index contributed by atoms with van der Waals surface area (Å²) in [6, 6.07) is 17.0. The summed E-state index contributed by atoms with van der Waals surface area (Å²) in [7, 11) is 1.59. The number of rotatable bonds is 9. The molecule has 0 radical (unpaired) electrons. The molecule has 2 aromatic rings. The van der Waals surface area contributed by atoms with Gasteiger partial charge in [0.1, 0.15) is 6.04 Å². The standard InChI is InChI=1S/C23H30N2O2S/c1-16(2)13-19(15-18-11-7-8-12-21(18)28)22(26)25-20(23(27)24-3)14-17-9-5-4-6-10-17/h4-12,16,19-20,28H,13-15H2,1-3H3,(H,24,27)(H,25,26)/t19-,20-/m0/s1. The molecule has 0 bridgehead atoms. The number of carbonyl (C=O) groups excluding carboxylic acids is 2. The van der Waals surface area contributed by atoms with Crippen LogP contribution in [0.3, 0.4) is 0 Å². The Hall–Kier alpha value is -2.27. The van der Waals surface area contributed by atoms with Gasteiger partial charge < -0.3 is 10.6 Å². The van der Waals surface area contributed by atoms with Crippen molar-refractivity contribution >= 4 is 24.4 Å². The summed E-state index contributed by atoms with van der Waals surface area (Å²) in [6.45, 7) is 4.21. The number of hydrogen-bond donors (Lipinski definition) is 3. The zero-order valence-electron chi connectivity index (χ0n) is 16.8. The number of thiol groups is 1.